The van der Waals surface area contributed by atoms with Gasteiger partial charge in [0.05, 0.1) is 35.9 Å². The van der Waals surface area contributed by atoms with E-state index in [1.165, 1.54) is 25.3 Å². The fraction of sp³-hybridized carbons (Fsp3) is 0.240. The minimum atomic E-state index is -4.03. The van der Waals surface area contributed by atoms with E-state index in [-0.39, 0.29) is 23.0 Å². The van der Waals surface area contributed by atoms with Gasteiger partial charge in [-0.25, -0.2) is 8.42 Å². The third kappa shape index (κ3) is 6.50. The molecule has 180 valence electrons. The number of nitrogens with one attached hydrogen (secondary N) is 1. The van der Waals surface area contributed by atoms with Crippen LogP contribution in [0.15, 0.2) is 77.7 Å². The molecule has 3 rings (SSSR count). The fourth-order valence-corrected chi connectivity index (χ4v) is 5.09. The van der Waals surface area contributed by atoms with Gasteiger partial charge in [0.1, 0.15) is 11.5 Å². The Labute approximate surface area is 205 Å². The summed E-state index contributed by atoms with van der Waals surface area (Å²) in [4.78, 5) is 12.9. The third-order valence-electron chi connectivity index (χ3n) is 5.03. The topological polar surface area (TPSA) is 84.9 Å². The number of benzene rings is 3. The van der Waals surface area contributed by atoms with Crippen molar-refractivity contribution in [2.45, 2.75) is 18.2 Å². The van der Waals surface area contributed by atoms with E-state index in [1.807, 2.05) is 37.3 Å². The average Bonchev–Trinajstić information content (AvgIpc) is 2.83. The molecule has 0 heterocycles. The number of carbonyl (C=O) groups excluding carboxylic acids is 1. The summed E-state index contributed by atoms with van der Waals surface area (Å²) >= 11 is 6.17. The van der Waals surface area contributed by atoms with Gasteiger partial charge in [-0.15, -0.1) is 0 Å². The summed E-state index contributed by atoms with van der Waals surface area (Å²) in [6.45, 7) is 2.01. The van der Waals surface area contributed by atoms with Crippen LogP contribution in [-0.4, -0.2) is 45.4 Å². The SMILES string of the molecule is CCOc1ccccc1NC(=O)CN(CCc1ccccc1)S(=O)(=O)c1ccc(OC)c(Cl)c1. The van der Waals surface area contributed by atoms with Crippen molar-refractivity contribution >= 4 is 33.2 Å². The van der Waals surface area contributed by atoms with Gasteiger partial charge in [0.25, 0.3) is 0 Å². The van der Waals surface area contributed by atoms with Crippen LogP contribution in [-0.2, 0) is 21.2 Å². The van der Waals surface area contributed by atoms with Gasteiger partial charge >= 0.3 is 0 Å². The molecule has 3 aromatic carbocycles. The largest absolute Gasteiger partial charge is 0.495 e. The van der Waals surface area contributed by atoms with Crippen molar-refractivity contribution in [3.8, 4) is 11.5 Å². The molecular weight excluding hydrogens is 476 g/mol. The van der Waals surface area contributed by atoms with Crippen LogP contribution in [0, 0.1) is 0 Å². The van der Waals surface area contributed by atoms with Crippen LogP contribution in [0.4, 0.5) is 5.69 Å². The molecule has 1 amide bonds. The maximum atomic E-state index is 13.5. The Balaban J connectivity index is 1.85. The van der Waals surface area contributed by atoms with Crippen molar-refractivity contribution in [2.75, 3.05) is 32.1 Å². The summed E-state index contributed by atoms with van der Waals surface area (Å²) < 4.78 is 38.8. The zero-order valence-electron chi connectivity index (χ0n) is 19.0. The van der Waals surface area contributed by atoms with Crippen LogP contribution in [0.2, 0.25) is 5.02 Å². The number of hydrogen-bond acceptors (Lipinski definition) is 5. The van der Waals surface area contributed by atoms with Crippen LogP contribution < -0.4 is 14.8 Å². The number of methoxy groups -OCH3 is 1. The zero-order chi connectivity index (χ0) is 24.6. The van der Waals surface area contributed by atoms with Gasteiger partial charge in [-0.05, 0) is 49.2 Å². The third-order valence-corrected chi connectivity index (χ3v) is 7.17. The first-order chi connectivity index (χ1) is 16.3. The molecule has 7 nitrogen and oxygen atoms in total. The number of hydrogen-bond donors (Lipinski definition) is 1. The van der Waals surface area contributed by atoms with Gasteiger partial charge in [-0.1, -0.05) is 54.1 Å². The number of anilines is 1. The van der Waals surface area contributed by atoms with Gasteiger partial charge in [0, 0.05) is 6.54 Å². The molecule has 0 bridgehead atoms. The monoisotopic (exact) mass is 502 g/mol. The molecule has 0 unspecified atom stereocenters. The molecule has 0 fully saturated rings. The number of amides is 1. The minimum absolute atomic E-state index is 0.0196. The Morgan fingerprint density at radius 3 is 2.38 bits per heavy atom. The normalized spacial score (nSPS) is 11.3. The second-order valence-electron chi connectivity index (χ2n) is 7.35. The average molecular weight is 503 g/mol. The number of para-hydroxylation sites is 2. The smallest absolute Gasteiger partial charge is 0.243 e. The summed E-state index contributed by atoms with van der Waals surface area (Å²) in [5.41, 5.74) is 1.43. The first-order valence-electron chi connectivity index (χ1n) is 10.7. The number of nitrogens with zero attached hydrogens (tertiary/aromatic N) is 1. The lowest BCUT2D eigenvalue weighted by Crippen LogP contribution is -2.39. The van der Waals surface area contributed by atoms with Crippen molar-refractivity contribution in [1.29, 1.82) is 0 Å². The first kappa shape index (κ1) is 25.6. The Hall–Kier alpha value is -3.07. The number of sulfonamides is 1. The van der Waals surface area contributed by atoms with E-state index < -0.39 is 15.9 Å². The lowest BCUT2D eigenvalue weighted by molar-refractivity contribution is -0.116. The van der Waals surface area contributed by atoms with Crippen LogP contribution in [0.3, 0.4) is 0 Å². The molecular formula is C25H27ClN2O5S. The van der Waals surface area contributed by atoms with Crippen LogP contribution >= 0.6 is 11.6 Å². The highest BCUT2D eigenvalue weighted by Crippen LogP contribution is 2.29. The summed E-state index contributed by atoms with van der Waals surface area (Å²) in [6.07, 6.45) is 0.437. The Morgan fingerprint density at radius 2 is 1.71 bits per heavy atom. The number of carbonyl (C=O) groups is 1. The van der Waals surface area contributed by atoms with Crippen molar-refractivity contribution < 1.29 is 22.7 Å². The highest BCUT2D eigenvalue weighted by atomic mass is 35.5. The van der Waals surface area contributed by atoms with Crippen LogP contribution in [0.5, 0.6) is 11.5 Å². The second-order valence-corrected chi connectivity index (χ2v) is 9.69. The van der Waals surface area contributed by atoms with Gasteiger partial charge in [0.2, 0.25) is 15.9 Å². The zero-order valence-corrected chi connectivity index (χ0v) is 20.6. The fourth-order valence-electron chi connectivity index (χ4n) is 3.34. The molecule has 0 atom stereocenters. The number of halogens is 1. The maximum Gasteiger partial charge on any atom is 0.243 e. The summed E-state index contributed by atoms with van der Waals surface area (Å²) in [6, 6.07) is 20.7. The Bertz CT molecular complexity index is 1220. The molecule has 0 aliphatic rings. The molecule has 34 heavy (non-hydrogen) atoms. The molecule has 0 saturated heterocycles. The lowest BCUT2D eigenvalue weighted by atomic mass is 10.1. The van der Waals surface area contributed by atoms with E-state index >= 15 is 0 Å². The molecule has 3 aromatic rings. The quantitative estimate of drug-likeness (QED) is 0.413. The number of ether oxygens (including phenoxy) is 2. The summed E-state index contributed by atoms with van der Waals surface area (Å²) in [5.74, 6) is 0.393. The molecule has 0 aliphatic heterocycles. The van der Waals surface area contributed by atoms with E-state index in [0.717, 1.165) is 9.87 Å². The first-order valence-corrected chi connectivity index (χ1v) is 12.6. The van der Waals surface area contributed by atoms with Crippen LogP contribution in [0.25, 0.3) is 0 Å². The maximum absolute atomic E-state index is 13.5. The highest BCUT2D eigenvalue weighted by molar-refractivity contribution is 7.89. The summed E-state index contributed by atoms with van der Waals surface area (Å²) in [7, 11) is -2.57. The molecule has 0 aliphatic carbocycles. The summed E-state index contributed by atoms with van der Waals surface area (Å²) in [5, 5.41) is 2.93. The standard InChI is InChI=1S/C25H27ClN2O5S/c1-3-33-24-12-8-7-11-22(24)27-25(29)18-28(16-15-19-9-5-4-6-10-19)34(30,31)20-13-14-23(32-2)21(26)17-20/h4-14,17H,3,15-16,18H2,1-2H3,(H,27,29). The molecule has 9 heteroatoms. The predicted molar refractivity (Wildman–Crippen MR) is 133 cm³/mol. The molecule has 0 radical (unpaired) electrons. The molecule has 0 aromatic heterocycles. The molecule has 1 N–H and O–H groups in total. The second kappa shape index (κ2) is 11.9. The lowest BCUT2D eigenvalue weighted by Gasteiger charge is -2.22. The Morgan fingerprint density at radius 1 is 1.00 bits per heavy atom. The highest BCUT2D eigenvalue weighted by Gasteiger charge is 2.27. The van der Waals surface area contributed by atoms with Gasteiger partial charge in [-0.3, -0.25) is 4.79 Å². The van der Waals surface area contributed by atoms with E-state index in [4.69, 9.17) is 21.1 Å². The molecule has 0 saturated carbocycles. The molecule has 0 spiro atoms. The van der Waals surface area contributed by atoms with Crippen molar-refractivity contribution in [3.63, 3.8) is 0 Å². The van der Waals surface area contributed by atoms with Gasteiger partial charge < -0.3 is 14.8 Å². The van der Waals surface area contributed by atoms with Crippen molar-refractivity contribution in [1.82, 2.24) is 4.31 Å². The van der Waals surface area contributed by atoms with E-state index in [9.17, 15) is 13.2 Å². The van der Waals surface area contributed by atoms with Gasteiger partial charge in [-0.2, -0.15) is 4.31 Å². The Kier molecular flexibility index (Phi) is 8.92. The van der Waals surface area contributed by atoms with Gasteiger partial charge in [0.15, 0.2) is 0 Å². The number of rotatable bonds is 11. The van der Waals surface area contributed by atoms with E-state index in [2.05, 4.69) is 5.32 Å². The van der Waals surface area contributed by atoms with E-state index in [1.54, 1.807) is 24.3 Å². The van der Waals surface area contributed by atoms with Crippen molar-refractivity contribution in [3.05, 3.63) is 83.4 Å². The predicted octanol–water partition coefficient (Wildman–Crippen LogP) is 4.62. The van der Waals surface area contributed by atoms with E-state index in [0.29, 0.717) is 30.2 Å². The van der Waals surface area contributed by atoms with Crippen LogP contribution in [0.1, 0.15) is 12.5 Å². The van der Waals surface area contributed by atoms with Crippen molar-refractivity contribution in [2.24, 2.45) is 0 Å². The minimum Gasteiger partial charge on any atom is -0.495 e.